The lowest BCUT2D eigenvalue weighted by Crippen LogP contribution is -2.36. The first-order chi connectivity index (χ1) is 8.16. The van der Waals surface area contributed by atoms with Gasteiger partial charge in [0.15, 0.2) is 6.10 Å². The smallest absolute Gasteiger partial charge is 0.261 e. The summed E-state index contributed by atoms with van der Waals surface area (Å²) in [4.78, 5) is 11.7. The van der Waals surface area contributed by atoms with E-state index in [1.807, 2.05) is 0 Å². The van der Waals surface area contributed by atoms with Crippen molar-refractivity contribution in [3.05, 3.63) is 28.5 Å². The van der Waals surface area contributed by atoms with Gasteiger partial charge in [-0.2, -0.15) is 0 Å². The van der Waals surface area contributed by atoms with Crippen molar-refractivity contribution < 1.29 is 13.9 Å². The summed E-state index contributed by atoms with van der Waals surface area (Å²) in [5.41, 5.74) is 0. The number of nitrogens with one attached hydrogen (secondary N) is 1. The number of carbonyl (C=O) groups is 1. The fourth-order valence-electron chi connectivity index (χ4n) is 1.74. The average Bonchev–Trinajstić information content (AvgIpc) is 2.50. The molecule has 5 heteroatoms. The first-order valence-corrected chi connectivity index (χ1v) is 6.35. The van der Waals surface area contributed by atoms with Crippen molar-refractivity contribution in [3.63, 3.8) is 0 Å². The largest absolute Gasteiger partial charge is 0.479 e. The lowest BCUT2D eigenvalue weighted by Gasteiger charge is -2.16. The maximum Gasteiger partial charge on any atom is 0.261 e. The average molecular weight is 302 g/mol. The van der Waals surface area contributed by atoms with Gasteiger partial charge in [0.1, 0.15) is 11.6 Å². The Hall–Kier alpha value is -1.10. The summed E-state index contributed by atoms with van der Waals surface area (Å²) < 4.78 is 19.3. The second-order valence-corrected chi connectivity index (χ2v) is 4.82. The second-order valence-electron chi connectivity index (χ2n) is 3.97. The zero-order valence-corrected chi connectivity index (χ0v) is 10.8. The van der Waals surface area contributed by atoms with Crippen LogP contribution in [-0.2, 0) is 4.79 Å². The van der Waals surface area contributed by atoms with Gasteiger partial charge in [-0.1, -0.05) is 0 Å². The van der Waals surface area contributed by atoms with Crippen LogP contribution < -0.4 is 10.1 Å². The molecule has 0 aromatic heterocycles. The second kappa shape index (κ2) is 5.49. The predicted molar refractivity (Wildman–Crippen MR) is 65.4 cm³/mol. The van der Waals surface area contributed by atoms with E-state index in [1.54, 1.807) is 6.07 Å². The highest BCUT2D eigenvalue weighted by Gasteiger charge is 2.23. The minimum absolute atomic E-state index is 0.126. The highest BCUT2D eigenvalue weighted by Crippen LogP contribution is 2.27. The zero-order valence-electron chi connectivity index (χ0n) is 9.21. The Bertz CT molecular complexity index is 425. The van der Waals surface area contributed by atoms with E-state index in [0.29, 0.717) is 23.2 Å². The van der Waals surface area contributed by atoms with E-state index < -0.39 is 6.10 Å². The van der Waals surface area contributed by atoms with Crippen molar-refractivity contribution in [2.24, 2.45) is 0 Å². The summed E-state index contributed by atoms with van der Waals surface area (Å²) in [5, 5.41) is 2.78. The normalized spacial score (nSPS) is 20.6. The number of hydrogen-bond acceptors (Lipinski definition) is 2. The SMILES string of the molecule is O=C1NCCCCC1Oc1cc(F)ccc1Br. The zero-order chi connectivity index (χ0) is 12.3. The van der Waals surface area contributed by atoms with E-state index in [4.69, 9.17) is 4.74 Å². The van der Waals surface area contributed by atoms with Gasteiger partial charge in [0.2, 0.25) is 0 Å². The summed E-state index contributed by atoms with van der Waals surface area (Å²) in [5.74, 6) is -0.136. The third kappa shape index (κ3) is 3.19. The van der Waals surface area contributed by atoms with Gasteiger partial charge in [0.25, 0.3) is 5.91 Å². The van der Waals surface area contributed by atoms with E-state index in [9.17, 15) is 9.18 Å². The highest BCUT2D eigenvalue weighted by atomic mass is 79.9. The van der Waals surface area contributed by atoms with Gasteiger partial charge in [-0.05, 0) is 47.3 Å². The highest BCUT2D eigenvalue weighted by molar-refractivity contribution is 9.10. The third-order valence-electron chi connectivity index (χ3n) is 2.65. The quantitative estimate of drug-likeness (QED) is 0.912. The molecule has 92 valence electrons. The Morgan fingerprint density at radius 2 is 2.24 bits per heavy atom. The van der Waals surface area contributed by atoms with Gasteiger partial charge in [-0.3, -0.25) is 4.79 Å². The Morgan fingerprint density at radius 3 is 3.06 bits per heavy atom. The molecular formula is C12H13BrFNO2. The standard InChI is InChI=1S/C12H13BrFNO2/c13-9-5-4-8(14)7-11(9)17-10-3-1-2-6-15-12(10)16/h4-5,7,10H,1-3,6H2,(H,15,16). The molecule has 1 fully saturated rings. The van der Waals surface area contributed by atoms with E-state index in [0.717, 1.165) is 12.8 Å². The van der Waals surface area contributed by atoms with Crippen LogP contribution >= 0.6 is 15.9 Å². The monoisotopic (exact) mass is 301 g/mol. The molecule has 1 amide bonds. The molecule has 17 heavy (non-hydrogen) atoms. The predicted octanol–water partition coefficient (Wildman–Crippen LogP) is 2.64. The van der Waals surface area contributed by atoms with Crippen LogP contribution in [0.5, 0.6) is 5.75 Å². The maximum atomic E-state index is 13.1. The molecule has 0 bridgehead atoms. The number of halogens is 2. The van der Waals surface area contributed by atoms with Crippen LogP contribution in [0.15, 0.2) is 22.7 Å². The fraction of sp³-hybridized carbons (Fsp3) is 0.417. The minimum atomic E-state index is -0.532. The molecule has 0 aliphatic carbocycles. The van der Waals surface area contributed by atoms with Crippen molar-refractivity contribution in [1.29, 1.82) is 0 Å². The Labute approximate surface area is 107 Å². The molecule has 1 atom stereocenters. The van der Waals surface area contributed by atoms with E-state index in [-0.39, 0.29) is 11.7 Å². The summed E-state index contributed by atoms with van der Waals surface area (Å²) in [6.07, 6.45) is 2.01. The first kappa shape index (κ1) is 12.4. The number of benzene rings is 1. The lowest BCUT2D eigenvalue weighted by atomic mass is 10.2. The van der Waals surface area contributed by atoms with Crippen LogP contribution in [0.2, 0.25) is 0 Å². The number of carbonyl (C=O) groups excluding carboxylic acids is 1. The molecule has 1 aromatic rings. The molecule has 3 nitrogen and oxygen atoms in total. The molecule has 2 rings (SSSR count). The van der Waals surface area contributed by atoms with Crippen LogP contribution in [-0.4, -0.2) is 18.6 Å². The molecule has 0 spiro atoms. The van der Waals surface area contributed by atoms with Crippen LogP contribution in [0.3, 0.4) is 0 Å². The molecule has 0 radical (unpaired) electrons. The Kier molecular flexibility index (Phi) is 3.99. The molecule has 1 unspecified atom stereocenters. The summed E-state index contributed by atoms with van der Waals surface area (Å²) in [6.45, 7) is 0.684. The van der Waals surface area contributed by atoms with Crippen LogP contribution in [0.25, 0.3) is 0 Å². The topological polar surface area (TPSA) is 38.3 Å². The number of ether oxygens (including phenoxy) is 1. The van der Waals surface area contributed by atoms with Crippen molar-refractivity contribution >= 4 is 21.8 Å². The van der Waals surface area contributed by atoms with Gasteiger partial charge >= 0.3 is 0 Å². The van der Waals surface area contributed by atoms with Crippen molar-refractivity contribution in [2.75, 3.05) is 6.54 Å². The van der Waals surface area contributed by atoms with Gasteiger partial charge in [0, 0.05) is 12.6 Å². The summed E-state index contributed by atoms with van der Waals surface area (Å²) in [6, 6.07) is 4.19. The molecule has 1 saturated heterocycles. The third-order valence-corrected chi connectivity index (χ3v) is 3.30. The van der Waals surface area contributed by atoms with Gasteiger partial charge in [0.05, 0.1) is 4.47 Å². The molecular weight excluding hydrogens is 289 g/mol. The number of hydrogen-bond donors (Lipinski definition) is 1. The van der Waals surface area contributed by atoms with E-state index in [1.165, 1.54) is 12.1 Å². The Balaban J connectivity index is 2.13. The summed E-state index contributed by atoms with van der Waals surface area (Å²) >= 11 is 3.27. The van der Waals surface area contributed by atoms with Crippen LogP contribution in [0, 0.1) is 5.82 Å². The van der Waals surface area contributed by atoms with Crippen molar-refractivity contribution in [2.45, 2.75) is 25.4 Å². The van der Waals surface area contributed by atoms with E-state index in [2.05, 4.69) is 21.2 Å². The molecule has 1 heterocycles. The van der Waals surface area contributed by atoms with Gasteiger partial charge in [-0.15, -0.1) is 0 Å². The van der Waals surface area contributed by atoms with Crippen LogP contribution in [0.1, 0.15) is 19.3 Å². The molecule has 0 saturated carbocycles. The Morgan fingerprint density at radius 1 is 1.41 bits per heavy atom. The summed E-state index contributed by atoms with van der Waals surface area (Å²) in [7, 11) is 0. The minimum Gasteiger partial charge on any atom is -0.479 e. The molecule has 1 aliphatic rings. The fourth-order valence-corrected chi connectivity index (χ4v) is 2.08. The number of amides is 1. The maximum absolute atomic E-state index is 13.1. The van der Waals surface area contributed by atoms with E-state index >= 15 is 0 Å². The van der Waals surface area contributed by atoms with Crippen LogP contribution in [0.4, 0.5) is 4.39 Å². The lowest BCUT2D eigenvalue weighted by molar-refractivity contribution is -0.127. The molecule has 1 aliphatic heterocycles. The molecule has 1 aromatic carbocycles. The molecule has 1 N–H and O–H groups in total. The first-order valence-electron chi connectivity index (χ1n) is 5.56. The van der Waals surface area contributed by atoms with Gasteiger partial charge < -0.3 is 10.1 Å². The van der Waals surface area contributed by atoms with Gasteiger partial charge in [-0.25, -0.2) is 4.39 Å². The van der Waals surface area contributed by atoms with Crippen molar-refractivity contribution in [1.82, 2.24) is 5.32 Å². The number of rotatable bonds is 2. The van der Waals surface area contributed by atoms with Crippen molar-refractivity contribution in [3.8, 4) is 5.75 Å².